The Bertz CT molecular complexity index is 1720. The molecule has 0 aliphatic carbocycles. The second-order valence-electron chi connectivity index (χ2n) is 10.7. The van der Waals surface area contributed by atoms with E-state index in [9.17, 15) is 18.4 Å². The summed E-state index contributed by atoms with van der Waals surface area (Å²) in [5.74, 6) is 0.0688. The summed E-state index contributed by atoms with van der Waals surface area (Å²) in [6.45, 7) is 4.86. The lowest BCUT2D eigenvalue weighted by Crippen LogP contribution is -2.46. The van der Waals surface area contributed by atoms with Crippen LogP contribution in [0.15, 0.2) is 66.9 Å². The first-order valence-electron chi connectivity index (χ1n) is 15.0. The van der Waals surface area contributed by atoms with Crippen LogP contribution < -0.4 is 25.0 Å². The molecule has 2 aliphatic rings. The van der Waals surface area contributed by atoms with Crippen molar-refractivity contribution < 1.29 is 37.3 Å². The molecule has 1 unspecified atom stereocenters. The normalized spacial score (nSPS) is 16.7. The van der Waals surface area contributed by atoms with Crippen LogP contribution in [-0.4, -0.2) is 79.1 Å². The van der Waals surface area contributed by atoms with Crippen molar-refractivity contribution in [3.8, 4) is 23.0 Å². The first kappa shape index (κ1) is 32.3. The Balaban J connectivity index is 1.07. The van der Waals surface area contributed by atoms with Crippen LogP contribution in [-0.2, 0) is 9.53 Å². The lowest BCUT2D eigenvalue weighted by atomic mass is 10.1. The Kier molecular flexibility index (Phi) is 10.2. The molecule has 47 heavy (non-hydrogen) atoms. The average molecular weight is 666 g/mol. The molecule has 3 heterocycles. The second-order valence-corrected chi connectivity index (χ2v) is 11.8. The number of hydrazine groups is 1. The molecule has 0 spiro atoms. The predicted octanol–water partition coefficient (Wildman–Crippen LogP) is 5.73. The Hall–Kier alpha value is -4.66. The van der Waals surface area contributed by atoms with Gasteiger partial charge in [0.05, 0.1) is 43.8 Å². The fourth-order valence-electron chi connectivity index (χ4n) is 5.29. The molecule has 2 saturated heterocycles. The number of carbonyl (C=O) groups is 2. The minimum absolute atomic E-state index is 0.0377. The van der Waals surface area contributed by atoms with Gasteiger partial charge in [0, 0.05) is 43.0 Å². The number of aromatic nitrogens is 1. The fraction of sp³-hybridized carbons (Fsp3) is 0.303. The highest BCUT2D eigenvalue weighted by molar-refractivity contribution is 8.00. The van der Waals surface area contributed by atoms with Gasteiger partial charge in [0.15, 0.2) is 11.5 Å². The molecule has 2 fully saturated rings. The number of thioether (sulfide) groups is 1. The number of hydrogen-bond acceptors (Lipinski definition) is 9. The zero-order chi connectivity index (χ0) is 32.8. The van der Waals surface area contributed by atoms with E-state index in [1.54, 1.807) is 43.6 Å². The number of carbonyl (C=O) groups excluding carboxylic acids is 2. The molecule has 3 amide bonds. The number of ether oxygens (including phenoxy) is 4. The molecule has 3 aromatic carbocycles. The summed E-state index contributed by atoms with van der Waals surface area (Å²) in [6, 6.07) is 14.7. The third kappa shape index (κ3) is 7.67. The van der Waals surface area contributed by atoms with E-state index >= 15 is 0 Å². The standard InChI is InChI=1S/C33H33F2N5O6S/c1-43-28-18-23-26(19-29(28)45-15-3-12-39-13-16-44-17-14-39)36-11-10-27(23)46-22-8-6-21(7-9-22)37-33(42)38-40-30(41)20-47-32(40)31-24(34)4-2-5-25(31)35/h2,4-11,18-19,32H,3,12-17,20H2,1H3,(H2,37,38,42). The molecule has 1 aromatic heterocycles. The zero-order valence-electron chi connectivity index (χ0n) is 25.5. The SMILES string of the molecule is COc1cc2c(Oc3ccc(NC(=O)NN4C(=O)CSC4c4c(F)cccc4F)cc3)ccnc2cc1OCCCN1CCOCC1. The minimum atomic E-state index is -1.04. The van der Waals surface area contributed by atoms with Gasteiger partial charge in [0.2, 0.25) is 0 Å². The maximum Gasteiger partial charge on any atom is 0.338 e. The topological polar surface area (TPSA) is 114 Å². The molecule has 2 N–H and O–H groups in total. The van der Waals surface area contributed by atoms with Crippen molar-refractivity contribution in [2.24, 2.45) is 0 Å². The monoisotopic (exact) mass is 665 g/mol. The summed E-state index contributed by atoms with van der Waals surface area (Å²) in [5, 5.41) is 3.24. The van der Waals surface area contributed by atoms with Gasteiger partial charge in [-0.1, -0.05) is 6.07 Å². The van der Waals surface area contributed by atoms with Crippen molar-refractivity contribution in [3.05, 3.63) is 84.1 Å². The van der Waals surface area contributed by atoms with Crippen LogP contribution in [0, 0.1) is 11.6 Å². The summed E-state index contributed by atoms with van der Waals surface area (Å²) in [5.41, 5.74) is 3.19. The van der Waals surface area contributed by atoms with Crippen LogP contribution in [0.4, 0.5) is 19.3 Å². The van der Waals surface area contributed by atoms with Crippen LogP contribution in [0.3, 0.4) is 0 Å². The highest BCUT2D eigenvalue weighted by Gasteiger charge is 2.37. The van der Waals surface area contributed by atoms with Crippen LogP contribution >= 0.6 is 11.8 Å². The van der Waals surface area contributed by atoms with Gasteiger partial charge in [-0.2, -0.15) is 0 Å². The van der Waals surface area contributed by atoms with Crippen LogP contribution in [0.1, 0.15) is 17.4 Å². The predicted molar refractivity (Wildman–Crippen MR) is 173 cm³/mol. The summed E-state index contributed by atoms with van der Waals surface area (Å²) < 4.78 is 52.0. The van der Waals surface area contributed by atoms with Gasteiger partial charge in [0.25, 0.3) is 5.91 Å². The summed E-state index contributed by atoms with van der Waals surface area (Å²) in [7, 11) is 1.58. The molecular weight excluding hydrogens is 632 g/mol. The molecule has 1 atom stereocenters. The largest absolute Gasteiger partial charge is 0.493 e. The quantitative estimate of drug-likeness (QED) is 0.194. The van der Waals surface area contributed by atoms with Crippen LogP contribution in [0.2, 0.25) is 0 Å². The van der Waals surface area contributed by atoms with Crippen molar-refractivity contribution in [1.29, 1.82) is 0 Å². The van der Waals surface area contributed by atoms with E-state index in [0.717, 1.165) is 73.6 Å². The molecule has 11 nitrogen and oxygen atoms in total. The van der Waals surface area contributed by atoms with Crippen molar-refractivity contribution in [2.75, 3.05) is 57.6 Å². The number of fused-ring (bicyclic) bond motifs is 1. The number of benzene rings is 3. The van der Waals surface area contributed by atoms with E-state index in [1.165, 1.54) is 6.07 Å². The van der Waals surface area contributed by atoms with E-state index < -0.39 is 28.9 Å². The first-order chi connectivity index (χ1) is 22.9. The Morgan fingerprint density at radius 1 is 1.04 bits per heavy atom. The molecule has 0 bridgehead atoms. The van der Waals surface area contributed by atoms with E-state index in [4.69, 9.17) is 18.9 Å². The number of urea groups is 1. The molecule has 14 heteroatoms. The van der Waals surface area contributed by atoms with Crippen molar-refractivity contribution in [3.63, 3.8) is 0 Å². The van der Waals surface area contributed by atoms with Crippen molar-refractivity contribution in [2.45, 2.75) is 11.8 Å². The Labute approximate surface area is 274 Å². The molecule has 4 aromatic rings. The Morgan fingerprint density at radius 3 is 2.55 bits per heavy atom. The van der Waals surface area contributed by atoms with Crippen molar-refractivity contribution in [1.82, 2.24) is 20.3 Å². The number of nitrogens with zero attached hydrogens (tertiary/aromatic N) is 3. The third-order valence-corrected chi connectivity index (χ3v) is 8.82. The number of hydrogen-bond donors (Lipinski definition) is 2. The molecular formula is C33H33F2N5O6S. The van der Waals surface area contributed by atoms with Crippen LogP contribution in [0.5, 0.6) is 23.0 Å². The lowest BCUT2D eigenvalue weighted by Gasteiger charge is -2.26. The molecule has 246 valence electrons. The second kappa shape index (κ2) is 14.8. The van der Waals surface area contributed by atoms with Gasteiger partial charge in [-0.3, -0.25) is 14.7 Å². The minimum Gasteiger partial charge on any atom is -0.493 e. The van der Waals surface area contributed by atoms with E-state index in [-0.39, 0.29) is 11.3 Å². The number of morpholine rings is 1. The summed E-state index contributed by atoms with van der Waals surface area (Å²) in [4.78, 5) is 32.0. The van der Waals surface area contributed by atoms with E-state index in [0.29, 0.717) is 40.8 Å². The third-order valence-electron chi connectivity index (χ3n) is 7.64. The highest BCUT2D eigenvalue weighted by Crippen LogP contribution is 2.40. The van der Waals surface area contributed by atoms with Gasteiger partial charge >= 0.3 is 6.03 Å². The number of rotatable bonds is 11. The number of anilines is 1. The number of pyridine rings is 1. The van der Waals surface area contributed by atoms with Gasteiger partial charge < -0.3 is 24.3 Å². The maximum absolute atomic E-state index is 14.4. The zero-order valence-corrected chi connectivity index (χ0v) is 26.4. The average Bonchev–Trinajstić information content (AvgIpc) is 3.42. The lowest BCUT2D eigenvalue weighted by molar-refractivity contribution is -0.130. The number of methoxy groups -OCH3 is 1. The van der Waals surface area contributed by atoms with Gasteiger partial charge in [-0.15, -0.1) is 11.8 Å². The van der Waals surface area contributed by atoms with Gasteiger partial charge in [-0.05, 0) is 55.0 Å². The summed E-state index contributed by atoms with van der Waals surface area (Å²) in [6.07, 6.45) is 2.51. The number of halogens is 2. The Morgan fingerprint density at radius 2 is 1.81 bits per heavy atom. The molecule has 6 rings (SSSR count). The van der Waals surface area contributed by atoms with Crippen LogP contribution in [0.25, 0.3) is 10.9 Å². The van der Waals surface area contributed by atoms with Crippen molar-refractivity contribution >= 4 is 40.3 Å². The highest BCUT2D eigenvalue weighted by atomic mass is 32.2. The van der Waals surface area contributed by atoms with Gasteiger partial charge in [0.1, 0.15) is 28.5 Å². The first-order valence-corrected chi connectivity index (χ1v) is 16.1. The molecule has 0 saturated carbocycles. The number of nitrogens with one attached hydrogen (secondary N) is 2. The maximum atomic E-state index is 14.4. The number of amides is 3. The van der Waals surface area contributed by atoms with E-state index in [2.05, 4.69) is 20.6 Å². The smallest absolute Gasteiger partial charge is 0.338 e. The fourth-order valence-corrected chi connectivity index (χ4v) is 6.44. The van der Waals surface area contributed by atoms with Gasteiger partial charge in [-0.25, -0.2) is 24.0 Å². The molecule has 2 aliphatic heterocycles. The summed E-state index contributed by atoms with van der Waals surface area (Å²) >= 11 is 1.02. The van der Waals surface area contributed by atoms with E-state index in [1.807, 2.05) is 12.1 Å². The molecule has 0 radical (unpaired) electrons.